The van der Waals surface area contributed by atoms with E-state index in [1.54, 1.807) is 0 Å². The third-order valence-corrected chi connectivity index (χ3v) is 3.33. The molecule has 26 heavy (non-hydrogen) atoms. The highest BCUT2D eigenvalue weighted by atomic mass is 16.7. The molecule has 12 nitrogen and oxygen atoms in total. The minimum atomic E-state index is -1.11. The molecule has 1 amide bonds. The molecule has 0 aromatic carbocycles. The Bertz CT molecular complexity index is 718. The highest BCUT2D eigenvalue weighted by Crippen LogP contribution is 2.33. The van der Waals surface area contributed by atoms with Crippen LogP contribution in [0.25, 0.3) is 0 Å². The van der Waals surface area contributed by atoms with Crippen molar-refractivity contribution in [2.24, 2.45) is 5.73 Å². The molecule has 1 aromatic rings. The summed E-state index contributed by atoms with van der Waals surface area (Å²) in [5, 5.41) is 3.86. The summed E-state index contributed by atoms with van der Waals surface area (Å²) in [6.07, 6.45) is -3.04. The molecule has 1 fully saturated rings. The van der Waals surface area contributed by atoms with Crippen LogP contribution in [0.15, 0.2) is 6.33 Å². The van der Waals surface area contributed by atoms with Gasteiger partial charge in [0.1, 0.15) is 19.0 Å². The number of nitrogens with two attached hydrogens (primary N) is 1. The monoisotopic (exact) mass is 370 g/mol. The number of carbonyl (C=O) groups is 4. The van der Waals surface area contributed by atoms with Gasteiger partial charge in [0.25, 0.3) is 5.91 Å². The summed E-state index contributed by atoms with van der Waals surface area (Å²) in [6, 6.07) is 0. The van der Waals surface area contributed by atoms with Crippen molar-refractivity contribution in [2.45, 2.75) is 45.3 Å². The Hall–Kier alpha value is -3.02. The second kappa shape index (κ2) is 7.91. The zero-order valence-electron chi connectivity index (χ0n) is 14.3. The van der Waals surface area contributed by atoms with E-state index in [1.807, 2.05) is 0 Å². The number of ether oxygens (including phenoxy) is 4. The van der Waals surface area contributed by atoms with Gasteiger partial charge in [-0.1, -0.05) is 0 Å². The minimum Gasteiger partial charge on any atom is -0.463 e. The van der Waals surface area contributed by atoms with Crippen LogP contribution in [-0.2, 0) is 33.3 Å². The molecule has 2 heterocycles. The summed E-state index contributed by atoms with van der Waals surface area (Å²) in [4.78, 5) is 48.9. The normalized spacial score (nSPS) is 24.7. The predicted molar refractivity (Wildman–Crippen MR) is 80.2 cm³/mol. The van der Waals surface area contributed by atoms with E-state index in [0.29, 0.717) is 0 Å². The molecule has 0 radical (unpaired) electrons. The molecule has 1 saturated heterocycles. The predicted octanol–water partition coefficient (Wildman–Crippen LogP) is -1.30. The second-order valence-electron chi connectivity index (χ2n) is 5.43. The standard InChI is InChI=1S/C14H18N4O8/c1-6(19)23-4-9-10(24-7(2)20)11(25-8(3)21)14(26-9)18-5-16-13(17-18)12(15)22/h5,9-11,14H,4H2,1-3H3,(H2,15,22)/t9-,10-,11-,14-/m1/s1. The molecule has 1 aliphatic heterocycles. The molecule has 1 aliphatic rings. The SMILES string of the molecule is CC(=O)OC[C@H]1O[C@@H](n2cnc(C(N)=O)n2)[C@H](OC(C)=O)[C@@H]1OC(C)=O. The van der Waals surface area contributed by atoms with Crippen LogP contribution in [0.5, 0.6) is 0 Å². The molecule has 0 aliphatic carbocycles. The molecule has 0 spiro atoms. The zero-order valence-corrected chi connectivity index (χ0v) is 14.3. The maximum Gasteiger partial charge on any atom is 0.303 e. The van der Waals surface area contributed by atoms with Gasteiger partial charge in [0.15, 0.2) is 18.4 Å². The van der Waals surface area contributed by atoms with E-state index in [9.17, 15) is 19.2 Å². The van der Waals surface area contributed by atoms with Crippen molar-refractivity contribution in [3.63, 3.8) is 0 Å². The first-order valence-corrected chi connectivity index (χ1v) is 7.53. The van der Waals surface area contributed by atoms with Crippen molar-refractivity contribution in [1.29, 1.82) is 0 Å². The van der Waals surface area contributed by atoms with Gasteiger partial charge in [0.05, 0.1) is 0 Å². The molecule has 1 aromatic heterocycles. The van der Waals surface area contributed by atoms with Crippen LogP contribution >= 0.6 is 0 Å². The fraction of sp³-hybridized carbons (Fsp3) is 0.571. The van der Waals surface area contributed by atoms with Gasteiger partial charge in [-0.25, -0.2) is 9.67 Å². The van der Waals surface area contributed by atoms with Gasteiger partial charge >= 0.3 is 17.9 Å². The number of aromatic nitrogens is 3. The van der Waals surface area contributed by atoms with Crippen LogP contribution in [0.2, 0.25) is 0 Å². The van der Waals surface area contributed by atoms with Crippen LogP contribution in [0.3, 0.4) is 0 Å². The Kier molecular flexibility index (Phi) is 5.87. The Morgan fingerprint density at radius 1 is 1.12 bits per heavy atom. The zero-order chi connectivity index (χ0) is 19.4. The van der Waals surface area contributed by atoms with E-state index in [-0.39, 0.29) is 12.4 Å². The van der Waals surface area contributed by atoms with Gasteiger partial charge in [-0.3, -0.25) is 19.2 Å². The second-order valence-corrected chi connectivity index (χ2v) is 5.43. The van der Waals surface area contributed by atoms with E-state index >= 15 is 0 Å². The molecular formula is C14H18N4O8. The number of hydrogen-bond donors (Lipinski definition) is 1. The van der Waals surface area contributed by atoms with Crippen molar-refractivity contribution in [1.82, 2.24) is 14.8 Å². The summed E-state index contributed by atoms with van der Waals surface area (Å²) in [5.74, 6) is -3.02. The molecule has 0 unspecified atom stereocenters. The van der Waals surface area contributed by atoms with E-state index in [4.69, 9.17) is 24.7 Å². The first-order chi connectivity index (χ1) is 12.2. The van der Waals surface area contributed by atoms with Crippen molar-refractivity contribution >= 4 is 23.8 Å². The van der Waals surface area contributed by atoms with Crippen molar-refractivity contribution in [3.05, 3.63) is 12.2 Å². The number of rotatable bonds is 6. The van der Waals surface area contributed by atoms with Gasteiger partial charge in [-0.2, -0.15) is 0 Å². The number of hydrogen-bond acceptors (Lipinski definition) is 10. The van der Waals surface area contributed by atoms with Crippen molar-refractivity contribution < 1.29 is 38.1 Å². The summed E-state index contributed by atoms with van der Waals surface area (Å²) >= 11 is 0. The molecule has 142 valence electrons. The smallest absolute Gasteiger partial charge is 0.303 e. The highest BCUT2D eigenvalue weighted by molar-refractivity contribution is 5.88. The maximum absolute atomic E-state index is 11.5. The van der Waals surface area contributed by atoms with E-state index < -0.39 is 48.4 Å². The molecule has 0 bridgehead atoms. The van der Waals surface area contributed by atoms with Gasteiger partial charge in [-0.15, -0.1) is 5.10 Å². The molecule has 2 rings (SSSR count). The lowest BCUT2D eigenvalue weighted by Crippen LogP contribution is -2.40. The Labute approximate surface area is 147 Å². The van der Waals surface area contributed by atoms with Crippen molar-refractivity contribution in [2.75, 3.05) is 6.61 Å². The lowest BCUT2D eigenvalue weighted by atomic mass is 10.1. The average Bonchev–Trinajstić information content (AvgIpc) is 3.11. The quantitative estimate of drug-likeness (QED) is 0.470. The number of amides is 1. The summed E-state index contributed by atoms with van der Waals surface area (Å²) in [7, 11) is 0. The van der Waals surface area contributed by atoms with Crippen LogP contribution < -0.4 is 5.73 Å². The average molecular weight is 370 g/mol. The molecule has 4 atom stereocenters. The molecular weight excluding hydrogens is 352 g/mol. The van der Waals surface area contributed by atoms with Crippen LogP contribution in [0, 0.1) is 0 Å². The van der Waals surface area contributed by atoms with Gasteiger partial charge in [0.2, 0.25) is 5.82 Å². The summed E-state index contributed by atoms with van der Waals surface area (Å²) in [6.45, 7) is 3.28. The molecule has 12 heteroatoms. The third-order valence-electron chi connectivity index (χ3n) is 3.33. The first kappa shape index (κ1) is 19.3. The van der Waals surface area contributed by atoms with Crippen molar-refractivity contribution in [3.8, 4) is 0 Å². The topological polar surface area (TPSA) is 162 Å². The van der Waals surface area contributed by atoms with Gasteiger partial charge in [-0.05, 0) is 0 Å². The maximum atomic E-state index is 11.5. The Morgan fingerprint density at radius 3 is 2.23 bits per heavy atom. The van der Waals surface area contributed by atoms with Crippen LogP contribution in [0.1, 0.15) is 37.6 Å². The van der Waals surface area contributed by atoms with Gasteiger partial charge < -0.3 is 24.7 Å². The largest absolute Gasteiger partial charge is 0.463 e. The molecule has 2 N–H and O–H groups in total. The van der Waals surface area contributed by atoms with Crippen LogP contribution in [-0.4, -0.2) is 63.5 Å². The first-order valence-electron chi connectivity index (χ1n) is 7.53. The third kappa shape index (κ3) is 4.53. The number of esters is 3. The molecule has 0 saturated carbocycles. The van der Waals surface area contributed by atoms with Crippen LogP contribution in [0.4, 0.5) is 0 Å². The lowest BCUT2D eigenvalue weighted by molar-refractivity contribution is -0.166. The number of carbonyl (C=O) groups excluding carboxylic acids is 4. The summed E-state index contributed by atoms with van der Waals surface area (Å²) in [5.41, 5.74) is 5.11. The van der Waals surface area contributed by atoms with Gasteiger partial charge in [0, 0.05) is 20.8 Å². The van der Waals surface area contributed by atoms with E-state index in [2.05, 4.69) is 10.1 Å². The number of nitrogens with zero attached hydrogens (tertiary/aromatic N) is 3. The Morgan fingerprint density at radius 2 is 1.73 bits per heavy atom. The fourth-order valence-electron chi connectivity index (χ4n) is 2.42. The fourth-order valence-corrected chi connectivity index (χ4v) is 2.42. The number of primary amides is 1. The van der Waals surface area contributed by atoms with E-state index in [0.717, 1.165) is 17.9 Å². The van der Waals surface area contributed by atoms with E-state index in [1.165, 1.54) is 13.8 Å². The minimum absolute atomic E-state index is 0.251. The lowest BCUT2D eigenvalue weighted by Gasteiger charge is -2.23. The Balaban J connectivity index is 2.33. The highest BCUT2D eigenvalue weighted by Gasteiger charge is 2.51. The summed E-state index contributed by atoms with van der Waals surface area (Å²) < 4.78 is 22.1.